The summed E-state index contributed by atoms with van der Waals surface area (Å²) in [6.07, 6.45) is 6.48. The van der Waals surface area contributed by atoms with Crippen LogP contribution < -0.4 is 30.5 Å². The Kier molecular flexibility index (Phi) is 29.0. The van der Waals surface area contributed by atoms with Crippen molar-refractivity contribution in [2.45, 2.75) is 128 Å². The zero-order valence-corrected chi connectivity index (χ0v) is 63.3. The molecule has 31 nitrogen and oxygen atoms in total. The second-order valence-electron chi connectivity index (χ2n) is 27.0. The average molecular weight is 1590 g/mol. The Morgan fingerprint density at radius 1 is 0.393 bits per heavy atom. The third-order valence-electron chi connectivity index (χ3n) is 18.6. The molecule has 2 amide bonds. The number of ether oxygens (including phenoxy) is 3. The summed E-state index contributed by atoms with van der Waals surface area (Å²) in [5, 5.41) is 54.3. The number of aliphatic carboxylic acids is 1. The molecule has 590 valence electrons. The quantitative estimate of drug-likeness (QED) is 0.00893. The number of nitro benzene ring substituents is 3. The molecule has 0 aliphatic heterocycles. The first kappa shape index (κ1) is 84.5. The number of nitrogens with zero attached hydrogens (tertiary/aromatic N) is 3. The molecule has 12 rings (SSSR count). The van der Waals surface area contributed by atoms with Gasteiger partial charge in [0.2, 0.25) is 41.9 Å². The van der Waals surface area contributed by atoms with E-state index in [0.29, 0.717) is 6.42 Å². The Labute approximate surface area is 644 Å². The van der Waals surface area contributed by atoms with Crippen LogP contribution in [0.5, 0.6) is 0 Å². The summed E-state index contributed by atoms with van der Waals surface area (Å²) in [6, 6.07) is 49.2. The number of sulfonamides is 3. The highest BCUT2D eigenvalue weighted by atomic mass is 32.2. The summed E-state index contributed by atoms with van der Waals surface area (Å²) in [7, 11) is -9.33. The lowest BCUT2D eigenvalue weighted by molar-refractivity contribution is -0.388. The van der Waals surface area contributed by atoms with Crippen molar-refractivity contribution in [2.24, 2.45) is 23.5 Å². The van der Waals surface area contributed by atoms with E-state index in [0.717, 1.165) is 119 Å². The van der Waals surface area contributed by atoms with Crippen LogP contribution in [0.3, 0.4) is 0 Å². The minimum atomic E-state index is -4.41. The molecule has 0 spiro atoms. The van der Waals surface area contributed by atoms with Crippen molar-refractivity contribution in [3.8, 4) is 0 Å². The zero-order chi connectivity index (χ0) is 81.0. The largest absolute Gasteiger partial charge is 0.480 e. The van der Waals surface area contributed by atoms with Gasteiger partial charge in [-0.15, -0.1) is 0 Å². The highest BCUT2D eigenvalue weighted by Gasteiger charge is 2.40. The van der Waals surface area contributed by atoms with Crippen LogP contribution >= 0.6 is 0 Å². The van der Waals surface area contributed by atoms with Crippen LogP contribution in [0, 0.1) is 48.1 Å². The van der Waals surface area contributed by atoms with Crippen molar-refractivity contribution < 1.29 is 88.1 Å². The predicted molar refractivity (Wildman–Crippen MR) is 412 cm³/mol. The number of nitro groups is 3. The first-order chi connectivity index (χ1) is 53.4. The topological polar surface area (TPSA) is 468 Å². The standard InChI is InChI=1S/2C26H27N3O7S.C14H15NO2.C12H14N2O6S/c2*1-36-26(31)22(16-18-12-13-19-6-2-3-7-20(19)14-18)27-25(30)21(15-17-10-11-17)28-37(34,35)24-9-5-4-8-23(24)29(32)33;1-17-14(16)13(15)9-10-6-7-11-4-2-3-5-12(11)8-10;15-12(16)9(7-8-5-6-8)13-21(19,20)11-4-2-1-3-10(11)14(17)18/h2*2-9,12-14,17,21-22,28H,10-11,15-16H2,1H3,(H,27,30);2-8,13H,9,15H2,1H3;1-4,8-9,13H,5-7H2,(H,15,16)/t2*21-,22-;13-;9-/m0000/s1. The lowest BCUT2D eigenvalue weighted by Gasteiger charge is -2.22. The predicted octanol–water partition coefficient (Wildman–Crippen LogP) is 9.20. The highest BCUT2D eigenvalue weighted by Crippen LogP contribution is 2.37. The van der Waals surface area contributed by atoms with E-state index in [1.165, 1.54) is 63.1 Å². The third-order valence-corrected chi connectivity index (χ3v) is 23.1. The number of carbonyl (C=O) groups is 6. The van der Waals surface area contributed by atoms with Gasteiger partial charge in [0, 0.05) is 31.0 Å². The summed E-state index contributed by atoms with van der Waals surface area (Å²) in [6.45, 7) is 0. The van der Waals surface area contributed by atoms with Gasteiger partial charge in [0.05, 0.1) is 36.1 Å². The van der Waals surface area contributed by atoms with E-state index in [4.69, 9.17) is 20.3 Å². The summed E-state index contributed by atoms with van der Waals surface area (Å²) < 4.78 is 97.8. The minimum Gasteiger partial charge on any atom is -0.480 e. The van der Waals surface area contributed by atoms with E-state index in [2.05, 4.69) is 36.9 Å². The molecule has 0 unspecified atom stereocenters. The number of amides is 2. The second-order valence-corrected chi connectivity index (χ2v) is 32.1. The molecule has 0 aromatic heterocycles. The first-order valence-corrected chi connectivity index (χ1v) is 39.8. The Bertz CT molecular complexity index is 5110. The molecule has 8 N–H and O–H groups in total. The molecule has 3 aliphatic rings. The number of carbonyl (C=O) groups excluding carboxylic acids is 5. The minimum absolute atomic E-state index is 0.135. The number of benzene rings is 9. The van der Waals surface area contributed by atoms with Crippen LogP contribution in [-0.2, 0) is 92.3 Å². The number of hydrogen-bond donors (Lipinski definition) is 7. The molecule has 6 atom stereocenters. The molecule has 3 fully saturated rings. The van der Waals surface area contributed by atoms with Gasteiger partial charge in [0.25, 0.3) is 17.1 Å². The maximum atomic E-state index is 13.3. The van der Waals surface area contributed by atoms with Crippen molar-refractivity contribution in [3.63, 3.8) is 0 Å². The number of para-hydroxylation sites is 3. The number of rotatable bonds is 32. The molecular weight excluding hydrogens is 1510 g/mol. The SMILES string of the molecule is COC(=O)[C@@H](N)Cc1ccc2ccccc2c1.COC(=O)[C@H](Cc1ccc2ccccc2c1)NC(=O)[C@H](CC1CC1)NS(=O)(=O)c1ccccc1[N+](=O)[O-].COC(=O)[C@H](Cc1ccc2ccccc2c1)NC(=O)[C@H](CC1CC1)NS(=O)(=O)c1ccccc1[N+](=O)[O-].O=C(O)[C@H](CC1CC1)NS(=O)(=O)c1ccccc1[N+](=O)[O-]. The number of hydrogen-bond acceptors (Lipinski definition) is 22. The Morgan fingerprint density at radius 3 is 0.946 bits per heavy atom. The van der Waals surface area contributed by atoms with E-state index >= 15 is 0 Å². The summed E-state index contributed by atoms with van der Waals surface area (Å²) in [5.74, 6) is -3.94. The third kappa shape index (κ3) is 24.0. The maximum Gasteiger partial charge on any atom is 0.328 e. The number of nitrogens with two attached hydrogens (primary N) is 1. The lowest BCUT2D eigenvalue weighted by Crippen LogP contribution is -2.52. The van der Waals surface area contributed by atoms with Gasteiger partial charge in [-0.25, -0.2) is 34.8 Å². The van der Waals surface area contributed by atoms with E-state index in [1.807, 2.05) is 120 Å². The van der Waals surface area contributed by atoms with Crippen LogP contribution in [0.4, 0.5) is 17.1 Å². The Balaban J connectivity index is 0.000000180. The number of nitrogens with one attached hydrogen (secondary N) is 5. The molecule has 3 saturated carbocycles. The fourth-order valence-corrected chi connectivity index (χ4v) is 16.3. The van der Waals surface area contributed by atoms with E-state index in [1.54, 1.807) is 0 Å². The molecule has 112 heavy (non-hydrogen) atoms. The fourth-order valence-electron chi connectivity index (χ4n) is 12.2. The molecule has 0 heterocycles. The van der Waals surface area contributed by atoms with Gasteiger partial charge in [0.1, 0.15) is 36.3 Å². The smallest absolute Gasteiger partial charge is 0.328 e. The molecule has 9 aromatic carbocycles. The van der Waals surface area contributed by atoms with Gasteiger partial charge in [-0.2, -0.15) is 14.2 Å². The first-order valence-electron chi connectivity index (χ1n) is 35.4. The molecular formula is C78H83N9O22S3. The van der Waals surface area contributed by atoms with Crippen LogP contribution in [-0.4, -0.2) is 138 Å². The van der Waals surface area contributed by atoms with Crippen LogP contribution in [0.15, 0.2) is 215 Å². The van der Waals surface area contributed by atoms with Gasteiger partial charge >= 0.3 is 23.9 Å². The normalized spacial score (nSPS) is 14.9. The van der Waals surface area contributed by atoms with Crippen LogP contribution in [0.2, 0.25) is 0 Å². The van der Waals surface area contributed by atoms with Gasteiger partial charge < -0.3 is 35.7 Å². The number of fused-ring (bicyclic) bond motifs is 3. The van der Waals surface area contributed by atoms with E-state index < -0.39 is 143 Å². The van der Waals surface area contributed by atoms with Gasteiger partial charge in [-0.1, -0.05) is 202 Å². The van der Waals surface area contributed by atoms with Crippen molar-refractivity contribution in [2.75, 3.05) is 21.3 Å². The number of carboxylic acid groups (broad SMARTS) is 1. The van der Waals surface area contributed by atoms with Crippen molar-refractivity contribution in [1.82, 2.24) is 24.8 Å². The molecule has 0 radical (unpaired) electrons. The van der Waals surface area contributed by atoms with Gasteiger partial charge in [-0.3, -0.25) is 49.5 Å². The lowest BCUT2D eigenvalue weighted by atomic mass is 10.0. The van der Waals surface area contributed by atoms with Gasteiger partial charge in [-0.05, 0) is 111 Å². The van der Waals surface area contributed by atoms with Gasteiger partial charge in [0.15, 0.2) is 14.7 Å². The van der Waals surface area contributed by atoms with Crippen LogP contribution in [0.25, 0.3) is 32.3 Å². The average Bonchev–Trinajstić information content (AvgIpc) is 0.824. The maximum absolute atomic E-state index is 13.3. The second kappa shape index (κ2) is 38.4. The summed E-state index contributed by atoms with van der Waals surface area (Å²) >= 11 is 0. The molecule has 0 saturated heterocycles. The van der Waals surface area contributed by atoms with Crippen molar-refractivity contribution in [1.29, 1.82) is 0 Å². The highest BCUT2D eigenvalue weighted by molar-refractivity contribution is 7.90. The Morgan fingerprint density at radius 2 is 0.661 bits per heavy atom. The van der Waals surface area contributed by atoms with Crippen molar-refractivity contribution >= 4 is 115 Å². The van der Waals surface area contributed by atoms with Crippen LogP contribution in [0.1, 0.15) is 74.5 Å². The number of methoxy groups -OCH3 is 3. The Hall–Kier alpha value is -11.5. The van der Waals surface area contributed by atoms with E-state index in [9.17, 15) is 84.4 Å². The van der Waals surface area contributed by atoms with Crippen molar-refractivity contribution in [3.05, 3.63) is 247 Å². The summed E-state index contributed by atoms with van der Waals surface area (Å²) in [4.78, 5) is 104. The zero-order valence-electron chi connectivity index (χ0n) is 60.9. The number of carboxylic acids is 1. The summed E-state index contributed by atoms with van der Waals surface area (Å²) in [5.41, 5.74) is 6.57. The molecule has 0 bridgehead atoms. The molecule has 9 aromatic rings. The monoisotopic (exact) mass is 1590 g/mol. The number of esters is 3. The fraction of sp³-hybridized carbons (Fsp3) is 0.308. The van der Waals surface area contributed by atoms with E-state index in [-0.39, 0.29) is 55.8 Å². The molecule has 34 heteroatoms. The molecule has 3 aliphatic carbocycles.